The molecule has 0 unspecified atom stereocenters. The van der Waals surface area contributed by atoms with Crippen LogP contribution >= 0.6 is 0 Å². The lowest BCUT2D eigenvalue weighted by Gasteiger charge is -2.07. The van der Waals surface area contributed by atoms with E-state index >= 15 is 0 Å². The van der Waals surface area contributed by atoms with Crippen LogP contribution in [0.1, 0.15) is 5.69 Å². The second-order valence-corrected chi connectivity index (χ2v) is 3.62. The first kappa shape index (κ1) is 14.0. The first-order valence-electron chi connectivity index (χ1n) is 5.31. The van der Waals surface area contributed by atoms with Crippen LogP contribution in [0.2, 0.25) is 0 Å². The van der Waals surface area contributed by atoms with E-state index in [9.17, 15) is 13.2 Å². The number of nitrogens with one attached hydrogen (secondary N) is 1. The fraction of sp³-hybridized carbons (Fsp3) is 0.700. The summed E-state index contributed by atoms with van der Waals surface area (Å²) in [6.07, 6.45) is -0.0456. The van der Waals surface area contributed by atoms with E-state index < -0.39 is 12.8 Å². The Labute approximate surface area is 97.8 Å². The summed E-state index contributed by atoms with van der Waals surface area (Å²) in [6.45, 7) is 0.0276. The van der Waals surface area contributed by atoms with E-state index in [0.717, 1.165) is 18.7 Å². The van der Waals surface area contributed by atoms with Crippen molar-refractivity contribution in [1.82, 2.24) is 14.9 Å². The molecule has 0 fully saturated rings. The molecule has 1 heterocycles. The molecule has 0 radical (unpaired) electrons. The molecule has 1 rings (SSSR count). The maximum Gasteiger partial charge on any atom is 0.411 e. The quantitative estimate of drug-likeness (QED) is 0.741. The van der Waals surface area contributed by atoms with Crippen molar-refractivity contribution in [3.05, 3.63) is 18.2 Å². The van der Waals surface area contributed by atoms with Crippen LogP contribution in [0.4, 0.5) is 13.2 Å². The van der Waals surface area contributed by atoms with Crippen molar-refractivity contribution >= 4 is 0 Å². The van der Waals surface area contributed by atoms with Crippen LogP contribution in [0.15, 0.2) is 12.5 Å². The zero-order chi connectivity index (χ0) is 12.7. The summed E-state index contributed by atoms with van der Waals surface area (Å²) in [5.41, 5.74) is 0.912. The predicted octanol–water partition coefficient (Wildman–Crippen LogP) is 1.22. The topological polar surface area (TPSA) is 39.1 Å². The predicted molar refractivity (Wildman–Crippen MR) is 56.7 cm³/mol. The van der Waals surface area contributed by atoms with Gasteiger partial charge in [-0.2, -0.15) is 13.2 Å². The largest absolute Gasteiger partial charge is 0.411 e. The van der Waals surface area contributed by atoms with Crippen LogP contribution in [0, 0.1) is 0 Å². The maximum atomic E-state index is 11.8. The van der Waals surface area contributed by atoms with E-state index in [0.29, 0.717) is 6.54 Å². The fourth-order valence-corrected chi connectivity index (χ4v) is 1.27. The van der Waals surface area contributed by atoms with Crippen molar-refractivity contribution < 1.29 is 17.9 Å². The molecule has 0 aliphatic heterocycles. The Morgan fingerprint density at radius 1 is 1.47 bits per heavy atom. The Morgan fingerprint density at radius 3 is 2.88 bits per heavy atom. The fourth-order valence-electron chi connectivity index (χ4n) is 1.27. The summed E-state index contributed by atoms with van der Waals surface area (Å²) in [7, 11) is 1.85. The standard InChI is InChI=1S/C10H16F3N3O/c1-14-3-2-9-6-16(8-15-9)4-5-17-7-10(11,12)13/h6,8,14H,2-5,7H2,1H3. The smallest absolute Gasteiger partial charge is 0.370 e. The van der Waals surface area contributed by atoms with Gasteiger partial charge in [-0.3, -0.25) is 0 Å². The molecule has 7 heteroatoms. The summed E-state index contributed by atoms with van der Waals surface area (Å²) < 4.78 is 41.6. The van der Waals surface area contributed by atoms with Gasteiger partial charge in [-0.05, 0) is 7.05 Å². The highest BCUT2D eigenvalue weighted by molar-refractivity contribution is 4.97. The SMILES string of the molecule is CNCCc1cn(CCOCC(F)(F)F)cn1. The van der Waals surface area contributed by atoms with Crippen molar-refractivity contribution in [2.75, 3.05) is 26.8 Å². The maximum absolute atomic E-state index is 11.8. The third kappa shape index (κ3) is 6.28. The number of imidazole rings is 1. The molecule has 0 aromatic carbocycles. The van der Waals surface area contributed by atoms with Gasteiger partial charge in [0, 0.05) is 25.7 Å². The van der Waals surface area contributed by atoms with Crippen molar-refractivity contribution in [2.45, 2.75) is 19.1 Å². The highest BCUT2D eigenvalue weighted by atomic mass is 19.4. The molecule has 98 valence electrons. The molecular weight excluding hydrogens is 235 g/mol. The first-order chi connectivity index (χ1) is 8.01. The first-order valence-corrected chi connectivity index (χ1v) is 5.31. The van der Waals surface area contributed by atoms with Crippen LogP contribution in [-0.2, 0) is 17.7 Å². The monoisotopic (exact) mass is 251 g/mol. The highest BCUT2D eigenvalue weighted by Crippen LogP contribution is 2.14. The summed E-state index contributed by atoms with van der Waals surface area (Å²) in [5, 5.41) is 3.00. The van der Waals surface area contributed by atoms with Crippen molar-refractivity contribution in [3.63, 3.8) is 0 Å². The van der Waals surface area contributed by atoms with Crippen LogP contribution in [-0.4, -0.2) is 42.5 Å². The van der Waals surface area contributed by atoms with Crippen molar-refractivity contribution in [1.29, 1.82) is 0 Å². The van der Waals surface area contributed by atoms with E-state index in [-0.39, 0.29) is 6.61 Å². The van der Waals surface area contributed by atoms with Crippen LogP contribution in [0.3, 0.4) is 0 Å². The normalized spacial score (nSPS) is 12.0. The molecule has 0 spiro atoms. The minimum absolute atomic E-state index is 0.0291. The Kier molecular flexibility index (Phi) is 5.43. The van der Waals surface area contributed by atoms with E-state index in [1.54, 1.807) is 10.9 Å². The number of rotatable bonds is 7. The zero-order valence-electron chi connectivity index (χ0n) is 9.63. The second-order valence-electron chi connectivity index (χ2n) is 3.62. The van der Waals surface area contributed by atoms with Gasteiger partial charge in [0.05, 0.1) is 18.6 Å². The number of aromatic nitrogens is 2. The number of ether oxygens (including phenoxy) is 1. The van der Waals surface area contributed by atoms with E-state index in [1.807, 2.05) is 13.2 Å². The molecule has 0 saturated carbocycles. The summed E-state index contributed by atoms with van der Waals surface area (Å²) in [5.74, 6) is 0. The molecule has 1 aromatic rings. The van der Waals surface area contributed by atoms with Gasteiger partial charge in [0.25, 0.3) is 0 Å². The second kappa shape index (κ2) is 6.61. The van der Waals surface area contributed by atoms with Crippen LogP contribution < -0.4 is 5.32 Å². The number of nitrogens with zero attached hydrogens (tertiary/aromatic N) is 2. The van der Waals surface area contributed by atoms with Gasteiger partial charge >= 0.3 is 6.18 Å². The van der Waals surface area contributed by atoms with Crippen molar-refractivity contribution in [2.24, 2.45) is 0 Å². The molecule has 0 aliphatic carbocycles. The molecule has 17 heavy (non-hydrogen) atoms. The van der Waals surface area contributed by atoms with E-state index in [2.05, 4.69) is 15.0 Å². The van der Waals surface area contributed by atoms with Crippen LogP contribution in [0.5, 0.6) is 0 Å². The van der Waals surface area contributed by atoms with Gasteiger partial charge in [-0.25, -0.2) is 4.98 Å². The number of likely N-dealkylation sites (N-methyl/N-ethyl adjacent to an activating group) is 1. The van der Waals surface area contributed by atoms with Gasteiger partial charge in [0.2, 0.25) is 0 Å². The molecular formula is C10H16F3N3O. The Bertz CT molecular complexity index is 325. The third-order valence-corrected chi connectivity index (χ3v) is 2.08. The van der Waals surface area contributed by atoms with Crippen molar-refractivity contribution in [3.8, 4) is 0 Å². The number of alkyl halides is 3. The number of halogens is 3. The molecule has 0 aliphatic rings. The van der Waals surface area contributed by atoms with Gasteiger partial charge in [0.15, 0.2) is 0 Å². The van der Waals surface area contributed by atoms with E-state index in [4.69, 9.17) is 0 Å². The summed E-state index contributed by atoms with van der Waals surface area (Å²) >= 11 is 0. The summed E-state index contributed by atoms with van der Waals surface area (Å²) in [4.78, 5) is 4.13. The average Bonchev–Trinajstić information content (AvgIpc) is 2.68. The third-order valence-electron chi connectivity index (χ3n) is 2.08. The molecule has 0 amide bonds. The summed E-state index contributed by atoms with van der Waals surface area (Å²) in [6, 6.07) is 0. The highest BCUT2D eigenvalue weighted by Gasteiger charge is 2.27. The molecule has 0 bridgehead atoms. The average molecular weight is 251 g/mol. The molecule has 1 aromatic heterocycles. The minimum atomic E-state index is -4.26. The Morgan fingerprint density at radius 2 is 2.24 bits per heavy atom. The molecule has 4 nitrogen and oxygen atoms in total. The lowest BCUT2D eigenvalue weighted by molar-refractivity contribution is -0.174. The van der Waals surface area contributed by atoms with Gasteiger partial charge < -0.3 is 14.6 Å². The lowest BCUT2D eigenvalue weighted by atomic mass is 10.3. The van der Waals surface area contributed by atoms with E-state index in [1.165, 1.54) is 0 Å². The van der Waals surface area contributed by atoms with Gasteiger partial charge in [-0.1, -0.05) is 0 Å². The van der Waals surface area contributed by atoms with Gasteiger partial charge in [-0.15, -0.1) is 0 Å². The lowest BCUT2D eigenvalue weighted by Crippen LogP contribution is -2.18. The molecule has 1 N–H and O–H groups in total. The molecule has 0 atom stereocenters. The zero-order valence-corrected chi connectivity index (χ0v) is 9.63. The minimum Gasteiger partial charge on any atom is -0.370 e. The molecule has 0 saturated heterocycles. The van der Waals surface area contributed by atoms with Gasteiger partial charge in [0.1, 0.15) is 6.61 Å². The number of hydrogen-bond acceptors (Lipinski definition) is 3. The Balaban J connectivity index is 2.21. The Hall–Kier alpha value is -1.08. The number of hydrogen-bond donors (Lipinski definition) is 1. The van der Waals surface area contributed by atoms with Crippen LogP contribution in [0.25, 0.3) is 0 Å².